The topological polar surface area (TPSA) is 78.3 Å². The average molecular weight is 317 g/mol. The predicted octanol–water partition coefficient (Wildman–Crippen LogP) is 3.79. The summed E-state index contributed by atoms with van der Waals surface area (Å²) in [7, 11) is 0. The third kappa shape index (κ3) is 2.89. The molecule has 0 unspecified atom stereocenters. The number of nitrogens with two attached hydrogens (primary N) is 1. The van der Waals surface area contributed by atoms with E-state index in [1.807, 2.05) is 24.3 Å². The van der Waals surface area contributed by atoms with Crippen LogP contribution in [0.2, 0.25) is 5.02 Å². The van der Waals surface area contributed by atoms with Gasteiger partial charge in [0.1, 0.15) is 12.1 Å². The van der Waals surface area contributed by atoms with Crippen molar-refractivity contribution in [3.8, 4) is 11.1 Å². The number of hydrogen-bond donors (Lipinski definition) is 1. The van der Waals surface area contributed by atoms with Gasteiger partial charge >= 0.3 is 5.97 Å². The lowest BCUT2D eigenvalue weighted by Gasteiger charge is -2.07. The van der Waals surface area contributed by atoms with Gasteiger partial charge in [0.05, 0.1) is 0 Å². The van der Waals surface area contributed by atoms with Crippen LogP contribution in [-0.2, 0) is 16.1 Å². The molecule has 5 nitrogen and oxygen atoms in total. The molecule has 0 radical (unpaired) electrons. The summed E-state index contributed by atoms with van der Waals surface area (Å²) in [6, 6.07) is 11.1. The molecule has 112 valence electrons. The number of carbonyl (C=O) groups is 1. The first-order chi connectivity index (χ1) is 10.5. The minimum absolute atomic E-state index is 0.0860. The average Bonchev–Trinajstić information content (AvgIpc) is 2.84. The highest BCUT2D eigenvalue weighted by Gasteiger charge is 2.13. The number of carbonyl (C=O) groups excluding carboxylic acids is 1. The second-order valence-electron chi connectivity index (χ2n) is 4.83. The first kappa shape index (κ1) is 14.4. The Kier molecular flexibility index (Phi) is 3.73. The first-order valence-electron chi connectivity index (χ1n) is 6.61. The van der Waals surface area contributed by atoms with Gasteiger partial charge < -0.3 is 14.9 Å². The lowest BCUT2D eigenvalue weighted by atomic mass is 10.0. The van der Waals surface area contributed by atoms with Crippen molar-refractivity contribution in [3.63, 3.8) is 0 Å². The smallest absolute Gasteiger partial charge is 0.302 e. The Morgan fingerprint density at radius 1 is 1.36 bits per heavy atom. The van der Waals surface area contributed by atoms with Gasteiger partial charge in [0.15, 0.2) is 5.58 Å². The van der Waals surface area contributed by atoms with Crippen LogP contribution in [0.4, 0.5) is 6.01 Å². The molecule has 22 heavy (non-hydrogen) atoms. The highest BCUT2D eigenvalue weighted by Crippen LogP contribution is 2.32. The minimum Gasteiger partial charge on any atom is -0.461 e. The molecule has 0 fully saturated rings. The molecule has 2 aromatic carbocycles. The van der Waals surface area contributed by atoms with Crippen molar-refractivity contribution in [2.45, 2.75) is 13.5 Å². The molecule has 0 saturated heterocycles. The number of oxazole rings is 1. The van der Waals surface area contributed by atoms with Crippen LogP contribution < -0.4 is 5.73 Å². The van der Waals surface area contributed by atoms with E-state index in [0.717, 1.165) is 16.7 Å². The molecule has 1 aromatic heterocycles. The normalized spacial score (nSPS) is 10.8. The van der Waals surface area contributed by atoms with E-state index >= 15 is 0 Å². The highest BCUT2D eigenvalue weighted by atomic mass is 35.5. The largest absolute Gasteiger partial charge is 0.461 e. The Morgan fingerprint density at radius 3 is 2.91 bits per heavy atom. The summed E-state index contributed by atoms with van der Waals surface area (Å²) < 4.78 is 10.4. The number of anilines is 1. The summed E-state index contributed by atoms with van der Waals surface area (Å²) in [5.74, 6) is -0.346. The number of rotatable bonds is 3. The van der Waals surface area contributed by atoms with Crippen molar-refractivity contribution >= 4 is 34.7 Å². The van der Waals surface area contributed by atoms with Crippen molar-refractivity contribution in [2.75, 3.05) is 5.73 Å². The molecular weight excluding hydrogens is 304 g/mol. The van der Waals surface area contributed by atoms with Crippen molar-refractivity contribution in [1.29, 1.82) is 0 Å². The fourth-order valence-corrected chi connectivity index (χ4v) is 2.44. The van der Waals surface area contributed by atoms with Gasteiger partial charge in [0, 0.05) is 17.5 Å². The number of halogens is 1. The Morgan fingerprint density at radius 2 is 2.18 bits per heavy atom. The standard InChI is InChI=1S/C16H13ClN2O3/c1-9(20)21-8-10-5-13(11-3-2-4-12(17)7-11)15-14(6-10)22-16(18)19-15/h2-7H,8H2,1H3,(H2,18,19). The van der Waals surface area contributed by atoms with Crippen LogP contribution >= 0.6 is 11.6 Å². The van der Waals surface area contributed by atoms with E-state index in [-0.39, 0.29) is 18.6 Å². The Hall–Kier alpha value is -2.53. The molecule has 0 aliphatic heterocycles. The van der Waals surface area contributed by atoms with E-state index in [4.69, 9.17) is 26.5 Å². The summed E-state index contributed by atoms with van der Waals surface area (Å²) >= 11 is 6.06. The van der Waals surface area contributed by atoms with Crippen molar-refractivity contribution in [1.82, 2.24) is 4.98 Å². The summed E-state index contributed by atoms with van der Waals surface area (Å²) in [6.07, 6.45) is 0. The quantitative estimate of drug-likeness (QED) is 0.744. The van der Waals surface area contributed by atoms with E-state index in [1.54, 1.807) is 12.1 Å². The minimum atomic E-state index is -0.346. The summed E-state index contributed by atoms with van der Waals surface area (Å²) in [6.45, 7) is 1.52. The summed E-state index contributed by atoms with van der Waals surface area (Å²) in [4.78, 5) is 15.2. The number of esters is 1. The lowest BCUT2D eigenvalue weighted by molar-refractivity contribution is -0.142. The van der Waals surface area contributed by atoms with Crippen LogP contribution in [0, 0.1) is 0 Å². The number of ether oxygens (including phenoxy) is 1. The molecule has 3 aromatic rings. The fourth-order valence-electron chi connectivity index (χ4n) is 2.25. The number of hydrogen-bond acceptors (Lipinski definition) is 5. The second kappa shape index (κ2) is 5.69. The Balaban J connectivity index is 2.15. The van der Waals surface area contributed by atoms with Crippen LogP contribution in [0.5, 0.6) is 0 Å². The molecule has 0 atom stereocenters. The molecule has 0 spiro atoms. The second-order valence-corrected chi connectivity index (χ2v) is 5.27. The highest BCUT2D eigenvalue weighted by molar-refractivity contribution is 6.30. The zero-order valence-electron chi connectivity index (χ0n) is 11.8. The molecule has 0 saturated carbocycles. The lowest BCUT2D eigenvalue weighted by Crippen LogP contribution is -1.99. The molecule has 1 heterocycles. The fraction of sp³-hybridized carbons (Fsp3) is 0.125. The number of nitrogens with zero attached hydrogens (tertiary/aromatic N) is 1. The molecule has 0 aliphatic carbocycles. The predicted molar refractivity (Wildman–Crippen MR) is 84.3 cm³/mol. The molecule has 2 N–H and O–H groups in total. The van der Waals surface area contributed by atoms with E-state index < -0.39 is 0 Å². The maximum Gasteiger partial charge on any atom is 0.302 e. The van der Waals surface area contributed by atoms with E-state index in [2.05, 4.69) is 4.98 Å². The van der Waals surface area contributed by atoms with Crippen LogP contribution in [-0.4, -0.2) is 11.0 Å². The third-order valence-corrected chi connectivity index (χ3v) is 3.38. The number of fused-ring (bicyclic) bond motifs is 1. The maximum absolute atomic E-state index is 11.0. The zero-order chi connectivity index (χ0) is 15.7. The van der Waals surface area contributed by atoms with Crippen LogP contribution in [0.1, 0.15) is 12.5 Å². The van der Waals surface area contributed by atoms with Crippen LogP contribution in [0.3, 0.4) is 0 Å². The van der Waals surface area contributed by atoms with Crippen molar-refractivity contribution < 1.29 is 13.9 Å². The third-order valence-electron chi connectivity index (χ3n) is 3.15. The van der Waals surface area contributed by atoms with Gasteiger partial charge in [-0.15, -0.1) is 0 Å². The molecule has 6 heteroatoms. The molecule has 0 aliphatic rings. The number of aromatic nitrogens is 1. The molecule has 3 rings (SSSR count). The van der Waals surface area contributed by atoms with Gasteiger partial charge in [-0.25, -0.2) is 0 Å². The van der Waals surface area contributed by atoms with Gasteiger partial charge in [-0.3, -0.25) is 4.79 Å². The number of nitrogen functional groups attached to an aromatic ring is 1. The Bertz CT molecular complexity index is 858. The van der Waals surface area contributed by atoms with Gasteiger partial charge in [-0.2, -0.15) is 4.98 Å². The molecule has 0 bridgehead atoms. The SMILES string of the molecule is CC(=O)OCc1cc(-c2cccc(Cl)c2)c2nc(N)oc2c1. The van der Waals surface area contributed by atoms with E-state index in [1.165, 1.54) is 6.92 Å². The van der Waals surface area contributed by atoms with Gasteiger partial charge in [0.2, 0.25) is 0 Å². The van der Waals surface area contributed by atoms with Crippen LogP contribution in [0.25, 0.3) is 22.2 Å². The summed E-state index contributed by atoms with van der Waals surface area (Å²) in [5, 5.41) is 0.618. The number of benzene rings is 2. The van der Waals surface area contributed by atoms with E-state index in [9.17, 15) is 4.79 Å². The zero-order valence-corrected chi connectivity index (χ0v) is 12.6. The van der Waals surface area contributed by atoms with Gasteiger partial charge in [0.25, 0.3) is 6.01 Å². The molecule has 0 amide bonds. The first-order valence-corrected chi connectivity index (χ1v) is 6.99. The summed E-state index contributed by atoms with van der Waals surface area (Å²) in [5.41, 5.74) is 9.33. The van der Waals surface area contributed by atoms with Crippen LogP contribution in [0.15, 0.2) is 40.8 Å². The monoisotopic (exact) mass is 316 g/mol. The molecular formula is C16H13ClN2O3. The van der Waals surface area contributed by atoms with Gasteiger partial charge in [-0.05, 0) is 35.4 Å². The maximum atomic E-state index is 11.0. The van der Waals surface area contributed by atoms with Crippen molar-refractivity contribution in [3.05, 3.63) is 47.0 Å². The Labute approximate surface area is 131 Å². The van der Waals surface area contributed by atoms with Crippen molar-refractivity contribution in [2.24, 2.45) is 0 Å². The van der Waals surface area contributed by atoms with Gasteiger partial charge in [-0.1, -0.05) is 23.7 Å². The van der Waals surface area contributed by atoms with E-state index in [0.29, 0.717) is 16.1 Å².